The van der Waals surface area contributed by atoms with Crippen LogP contribution in [0.3, 0.4) is 0 Å². The van der Waals surface area contributed by atoms with Gasteiger partial charge in [0.15, 0.2) is 0 Å². The molecule has 0 amide bonds. The predicted octanol–water partition coefficient (Wildman–Crippen LogP) is 3.32. The third-order valence-corrected chi connectivity index (χ3v) is 7.28. The summed E-state index contributed by atoms with van der Waals surface area (Å²) in [5.41, 5.74) is 1.02. The van der Waals surface area contributed by atoms with Crippen LogP contribution in [0.15, 0.2) is 53.7 Å². The monoisotopic (exact) mass is 466 g/mol. The highest BCUT2D eigenvalue weighted by molar-refractivity contribution is 7.93. The van der Waals surface area contributed by atoms with Crippen molar-refractivity contribution in [3.63, 3.8) is 0 Å². The Hall–Kier alpha value is -2.47. The van der Waals surface area contributed by atoms with Crippen molar-refractivity contribution in [2.24, 2.45) is 0 Å². The van der Waals surface area contributed by atoms with Crippen molar-refractivity contribution in [3.05, 3.63) is 71.6 Å². The summed E-state index contributed by atoms with van der Waals surface area (Å²) in [6, 6.07) is 11.0. The van der Waals surface area contributed by atoms with E-state index in [0.29, 0.717) is 25.5 Å². The van der Waals surface area contributed by atoms with E-state index in [9.17, 15) is 22.3 Å². The maximum atomic E-state index is 14.8. The third-order valence-electron chi connectivity index (χ3n) is 5.22. The lowest BCUT2D eigenvalue weighted by Crippen LogP contribution is -2.38. The Labute approximate surface area is 182 Å². The number of hydrogen-bond acceptors (Lipinski definition) is 7. The summed E-state index contributed by atoms with van der Waals surface area (Å²) in [7, 11) is -4.35. The fourth-order valence-corrected chi connectivity index (χ4v) is 5.44. The average Bonchev–Trinajstić information content (AvgIpc) is 3.24. The maximum absolute atomic E-state index is 14.8. The van der Waals surface area contributed by atoms with Crippen LogP contribution in [0.25, 0.3) is 0 Å². The van der Waals surface area contributed by atoms with Gasteiger partial charge in [-0.05, 0) is 30.5 Å². The highest BCUT2D eigenvalue weighted by Gasteiger charge is 2.30. The van der Waals surface area contributed by atoms with Gasteiger partial charge < -0.3 is 5.11 Å². The van der Waals surface area contributed by atoms with Crippen molar-refractivity contribution in [2.45, 2.75) is 36.4 Å². The molecule has 1 unspecified atom stereocenters. The van der Waals surface area contributed by atoms with Gasteiger partial charge in [0.1, 0.15) is 22.9 Å². The smallest absolute Gasteiger partial charge is 0.266 e. The van der Waals surface area contributed by atoms with Gasteiger partial charge in [-0.2, -0.15) is 4.37 Å². The van der Waals surface area contributed by atoms with Crippen LogP contribution in [0.5, 0.6) is 0 Å². The molecule has 7 nitrogen and oxygen atoms in total. The molecule has 2 aromatic carbocycles. The fraction of sp³-hybridized carbons (Fsp3) is 0.300. The van der Waals surface area contributed by atoms with Crippen molar-refractivity contribution in [3.8, 4) is 0 Å². The quantitative estimate of drug-likeness (QED) is 0.579. The molecule has 1 aliphatic rings. The van der Waals surface area contributed by atoms with E-state index in [2.05, 4.69) is 14.1 Å². The molecule has 2 N–H and O–H groups in total. The molecule has 3 aromatic rings. The minimum absolute atomic E-state index is 0.0403. The van der Waals surface area contributed by atoms with E-state index >= 15 is 0 Å². The number of aromatic nitrogens is 2. The van der Waals surface area contributed by atoms with Crippen LogP contribution in [0.4, 0.5) is 13.9 Å². The van der Waals surface area contributed by atoms with Crippen LogP contribution in [0, 0.1) is 11.6 Å². The van der Waals surface area contributed by atoms with E-state index in [-0.39, 0.29) is 23.3 Å². The van der Waals surface area contributed by atoms with Crippen molar-refractivity contribution in [1.82, 2.24) is 14.3 Å². The second-order valence-corrected chi connectivity index (χ2v) is 9.73. The van der Waals surface area contributed by atoms with E-state index < -0.39 is 32.7 Å². The number of hydrogen-bond donors (Lipinski definition) is 2. The van der Waals surface area contributed by atoms with E-state index in [1.807, 2.05) is 35.2 Å². The van der Waals surface area contributed by atoms with E-state index in [0.717, 1.165) is 29.5 Å². The van der Waals surface area contributed by atoms with E-state index in [4.69, 9.17) is 0 Å². The number of sulfonamides is 1. The van der Waals surface area contributed by atoms with Gasteiger partial charge in [-0.25, -0.2) is 22.2 Å². The Kier molecular flexibility index (Phi) is 6.28. The number of benzene rings is 2. The molecule has 164 valence electrons. The highest BCUT2D eigenvalue weighted by Crippen LogP contribution is 2.33. The first kappa shape index (κ1) is 21.8. The Morgan fingerprint density at radius 2 is 1.97 bits per heavy atom. The van der Waals surface area contributed by atoms with Crippen molar-refractivity contribution >= 4 is 26.7 Å². The van der Waals surface area contributed by atoms with Gasteiger partial charge >= 0.3 is 0 Å². The zero-order chi connectivity index (χ0) is 22.0. The lowest BCUT2D eigenvalue weighted by atomic mass is 9.93. The fourth-order valence-electron chi connectivity index (χ4n) is 3.71. The summed E-state index contributed by atoms with van der Waals surface area (Å²) in [5.74, 6) is -1.88. The number of halogens is 2. The molecule has 2 atom stereocenters. The molecule has 1 fully saturated rings. The zero-order valence-electron chi connectivity index (χ0n) is 16.3. The Morgan fingerprint density at radius 3 is 2.68 bits per heavy atom. The number of aliphatic hydroxyl groups is 1. The molecule has 0 radical (unpaired) electrons. The lowest BCUT2D eigenvalue weighted by Gasteiger charge is -2.38. The van der Waals surface area contributed by atoms with Gasteiger partial charge in [-0.3, -0.25) is 9.62 Å². The second-order valence-electron chi connectivity index (χ2n) is 7.30. The second kappa shape index (κ2) is 8.95. The van der Waals surface area contributed by atoms with Gasteiger partial charge in [0.05, 0.1) is 6.10 Å². The SMILES string of the molecule is O=S(=O)(Nc1ncns1)c1cc(F)c(CN2CCC(O)C[C@@H]2c2ccccc2)cc1F. The normalized spacial score (nSPS) is 20.0. The topological polar surface area (TPSA) is 95.4 Å². The summed E-state index contributed by atoms with van der Waals surface area (Å²) < 4.78 is 60.2. The largest absolute Gasteiger partial charge is 0.393 e. The molecule has 1 aromatic heterocycles. The van der Waals surface area contributed by atoms with Gasteiger partial charge in [0, 0.05) is 36.2 Å². The lowest BCUT2D eigenvalue weighted by molar-refractivity contribution is 0.0358. The first-order chi connectivity index (χ1) is 14.8. The number of nitrogens with zero attached hydrogens (tertiary/aromatic N) is 3. The molecule has 0 saturated carbocycles. The summed E-state index contributed by atoms with van der Waals surface area (Å²) in [5, 5.41) is 10.1. The molecule has 4 rings (SSSR count). The zero-order valence-corrected chi connectivity index (χ0v) is 17.9. The molecule has 31 heavy (non-hydrogen) atoms. The van der Waals surface area contributed by atoms with Crippen molar-refractivity contribution in [2.75, 3.05) is 11.3 Å². The van der Waals surface area contributed by atoms with Gasteiger partial charge in [0.2, 0.25) is 5.13 Å². The number of aliphatic hydroxyl groups excluding tert-OH is 1. The van der Waals surface area contributed by atoms with Crippen LogP contribution < -0.4 is 4.72 Å². The summed E-state index contributed by atoms with van der Waals surface area (Å²) in [4.78, 5) is 4.86. The summed E-state index contributed by atoms with van der Waals surface area (Å²) in [6.07, 6.45) is 1.68. The molecule has 0 spiro atoms. The number of nitrogens with one attached hydrogen (secondary N) is 1. The Bertz CT molecular complexity index is 1140. The minimum atomic E-state index is -4.35. The minimum Gasteiger partial charge on any atom is -0.393 e. The van der Waals surface area contributed by atoms with Crippen LogP contribution in [0.2, 0.25) is 0 Å². The molecule has 1 aliphatic heterocycles. The van der Waals surface area contributed by atoms with Gasteiger partial charge in [0.25, 0.3) is 10.0 Å². The Morgan fingerprint density at radius 1 is 1.19 bits per heavy atom. The van der Waals surface area contributed by atoms with Crippen molar-refractivity contribution < 1.29 is 22.3 Å². The van der Waals surface area contributed by atoms with Gasteiger partial charge in [-0.1, -0.05) is 30.3 Å². The maximum Gasteiger partial charge on any atom is 0.266 e. The van der Waals surface area contributed by atoms with Gasteiger partial charge in [-0.15, -0.1) is 0 Å². The number of piperidine rings is 1. The average molecular weight is 467 g/mol. The van der Waals surface area contributed by atoms with E-state index in [1.54, 1.807) is 0 Å². The molecular formula is C20H20F2N4O3S2. The molecule has 0 bridgehead atoms. The van der Waals surface area contributed by atoms with Crippen molar-refractivity contribution in [1.29, 1.82) is 0 Å². The first-order valence-electron chi connectivity index (χ1n) is 9.58. The summed E-state index contributed by atoms with van der Waals surface area (Å²) in [6.45, 7) is 0.583. The van der Waals surface area contributed by atoms with Crippen LogP contribution in [-0.4, -0.2) is 40.4 Å². The Balaban J connectivity index is 1.59. The standard InChI is InChI=1S/C20H20F2N4O3S2/c21-16-10-19(31(28,29)25-20-23-12-24-30-20)17(22)8-14(16)11-26-7-6-15(27)9-18(26)13-4-2-1-3-5-13/h1-5,8,10,12,15,18,27H,6-7,9,11H2,(H,23,24,25)/t15?,18-/m1/s1. The van der Waals surface area contributed by atoms with E-state index in [1.165, 1.54) is 0 Å². The van der Waals surface area contributed by atoms with Crippen LogP contribution >= 0.6 is 11.5 Å². The predicted molar refractivity (Wildman–Crippen MR) is 112 cm³/mol. The first-order valence-corrected chi connectivity index (χ1v) is 11.8. The number of rotatable bonds is 6. The molecule has 1 saturated heterocycles. The molecule has 11 heteroatoms. The number of likely N-dealkylation sites (tertiary alicyclic amines) is 1. The van der Waals surface area contributed by atoms with Crippen LogP contribution in [0.1, 0.15) is 30.0 Å². The molecule has 0 aliphatic carbocycles. The summed E-state index contributed by atoms with van der Waals surface area (Å²) >= 11 is 0.785. The molecular weight excluding hydrogens is 446 g/mol. The third kappa shape index (κ3) is 4.90. The van der Waals surface area contributed by atoms with Crippen LogP contribution in [-0.2, 0) is 16.6 Å². The molecule has 2 heterocycles. The number of anilines is 1. The highest BCUT2D eigenvalue weighted by atomic mass is 32.2.